The van der Waals surface area contributed by atoms with Crippen molar-refractivity contribution in [1.29, 1.82) is 0 Å². The van der Waals surface area contributed by atoms with Gasteiger partial charge in [0.25, 0.3) is 0 Å². The molecular formula is C7H7BrZn. The van der Waals surface area contributed by atoms with Crippen LogP contribution in [-0.4, -0.2) is 0 Å². The zero-order valence-electron chi connectivity index (χ0n) is 5.39. The Morgan fingerprint density at radius 1 is 1.22 bits per heavy atom. The van der Waals surface area contributed by atoms with Gasteiger partial charge in [-0.2, -0.15) is 30.3 Å². The van der Waals surface area contributed by atoms with Crippen molar-refractivity contribution in [2.75, 3.05) is 0 Å². The van der Waals surface area contributed by atoms with E-state index in [9.17, 15) is 0 Å². The van der Waals surface area contributed by atoms with Gasteiger partial charge in [-0.3, -0.25) is 0 Å². The topological polar surface area (TPSA) is 0 Å². The van der Waals surface area contributed by atoms with E-state index in [4.69, 9.17) is 0 Å². The molecule has 0 spiro atoms. The summed E-state index contributed by atoms with van der Waals surface area (Å²) in [6.45, 7) is 0. The van der Waals surface area contributed by atoms with Crippen molar-refractivity contribution in [3.05, 3.63) is 42.2 Å². The summed E-state index contributed by atoms with van der Waals surface area (Å²) in [5.41, 5.74) is 0. The molecule has 0 heterocycles. The fourth-order valence-electron chi connectivity index (χ4n) is 0.367. The third-order valence-electron chi connectivity index (χ3n) is 0.678. The van der Waals surface area contributed by atoms with Gasteiger partial charge in [0, 0.05) is 0 Å². The normalized spacial score (nSPS) is 6.78. The quantitative estimate of drug-likeness (QED) is 0.480. The number of halogens is 1. The van der Waals surface area contributed by atoms with Crippen LogP contribution in [-0.2, 0) is 19.5 Å². The summed E-state index contributed by atoms with van der Waals surface area (Å²) in [7, 11) is 0. The zero-order valence-corrected chi connectivity index (χ0v) is 9.95. The largest absolute Gasteiger partial charge is 2.00 e. The second-order valence-electron chi connectivity index (χ2n) is 1.22. The van der Waals surface area contributed by atoms with Gasteiger partial charge in [-0.25, -0.2) is 0 Å². The molecule has 9 heavy (non-hydrogen) atoms. The van der Waals surface area contributed by atoms with Crippen LogP contribution in [0, 0.1) is 13.5 Å². The molecule has 0 amide bonds. The van der Waals surface area contributed by atoms with Gasteiger partial charge in [0.2, 0.25) is 0 Å². The first kappa shape index (κ1) is 12.0. The maximum absolute atomic E-state index is 3.29. The van der Waals surface area contributed by atoms with Crippen LogP contribution in [0.3, 0.4) is 0 Å². The van der Waals surface area contributed by atoms with E-state index in [0.717, 1.165) is 4.47 Å². The molecule has 1 aromatic rings. The van der Waals surface area contributed by atoms with Gasteiger partial charge < -0.3 is 7.43 Å². The van der Waals surface area contributed by atoms with Crippen LogP contribution in [0.5, 0.6) is 0 Å². The first-order chi connectivity index (χ1) is 3.39. The Labute approximate surface area is 77.6 Å². The molecule has 1 aromatic carbocycles. The van der Waals surface area contributed by atoms with Crippen LogP contribution >= 0.6 is 15.9 Å². The fraction of sp³-hybridized carbons (Fsp3) is 0. The standard InChI is InChI=1S/C6H4Br.CH3.Zn/c7-6-4-2-1-3-5-6;;/h2-5H;1H3;/q2*-1;+2. The third kappa shape index (κ3) is 4.80. The molecule has 44 valence electrons. The van der Waals surface area contributed by atoms with E-state index in [2.05, 4.69) is 22.0 Å². The Bertz CT molecular complexity index is 139. The fourth-order valence-corrected chi connectivity index (χ4v) is 0.631. The molecule has 0 saturated heterocycles. The molecule has 0 saturated carbocycles. The molecule has 0 bridgehead atoms. The maximum atomic E-state index is 3.29. The van der Waals surface area contributed by atoms with Crippen LogP contribution in [0.25, 0.3) is 0 Å². The second-order valence-corrected chi connectivity index (χ2v) is 2.13. The summed E-state index contributed by atoms with van der Waals surface area (Å²) < 4.78 is 1.10. The van der Waals surface area contributed by atoms with Crippen LogP contribution < -0.4 is 0 Å². The summed E-state index contributed by atoms with van der Waals surface area (Å²) in [4.78, 5) is 0. The van der Waals surface area contributed by atoms with Gasteiger partial charge in [-0.15, -0.1) is 0 Å². The minimum atomic E-state index is 0. The molecule has 0 aliphatic heterocycles. The first-order valence-corrected chi connectivity index (χ1v) is 2.80. The summed E-state index contributed by atoms with van der Waals surface area (Å²) >= 11 is 3.29. The minimum Gasteiger partial charge on any atom is -0.358 e. The molecule has 0 fully saturated rings. The van der Waals surface area contributed by atoms with Crippen molar-refractivity contribution >= 4 is 15.9 Å². The van der Waals surface area contributed by atoms with Gasteiger partial charge in [-0.05, 0) is 0 Å². The van der Waals surface area contributed by atoms with E-state index in [1.165, 1.54) is 0 Å². The van der Waals surface area contributed by atoms with Crippen LogP contribution in [0.2, 0.25) is 0 Å². The molecule has 0 atom stereocenters. The Balaban J connectivity index is 0. The summed E-state index contributed by atoms with van der Waals surface area (Å²) in [5.74, 6) is 0. The van der Waals surface area contributed by atoms with Crippen molar-refractivity contribution in [2.24, 2.45) is 0 Å². The maximum Gasteiger partial charge on any atom is 2.00 e. The predicted molar refractivity (Wildman–Crippen MR) is 39.4 cm³/mol. The van der Waals surface area contributed by atoms with Crippen LogP contribution in [0.4, 0.5) is 0 Å². The number of rotatable bonds is 0. The minimum absolute atomic E-state index is 0. The summed E-state index contributed by atoms with van der Waals surface area (Å²) in [6.07, 6.45) is 0. The Kier molecular flexibility index (Phi) is 8.62. The molecule has 2 heteroatoms. The Morgan fingerprint density at radius 3 is 1.89 bits per heavy atom. The Morgan fingerprint density at radius 2 is 1.67 bits per heavy atom. The summed E-state index contributed by atoms with van der Waals surface area (Å²) in [5, 5.41) is 0. The average Bonchev–Trinajstić information content (AvgIpc) is 1.69. The van der Waals surface area contributed by atoms with Gasteiger partial charge in [0.1, 0.15) is 0 Å². The SMILES string of the molecule is Brc1cc[c-]cc1.[CH3-].[Zn+2]. The first-order valence-electron chi connectivity index (χ1n) is 2.01. The third-order valence-corrected chi connectivity index (χ3v) is 1.21. The van der Waals surface area contributed by atoms with Crippen molar-refractivity contribution < 1.29 is 19.5 Å². The monoisotopic (exact) mass is 234 g/mol. The average molecular weight is 236 g/mol. The molecule has 0 N–H and O–H groups in total. The molecule has 0 nitrogen and oxygen atoms in total. The van der Waals surface area contributed by atoms with Crippen molar-refractivity contribution in [3.8, 4) is 0 Å². The molecule has 0 aliphatic carbocycles. The van der Waals surface area contributed by atoms with Gasteiger partial charge in [-0.1, -0.05) is 20.4 Å². The van der Waals surface area contributed by atoms with Gasteiger partial charge in [0.05, 0.1) is 0 Å². The Hall–Kier alpha value is 0.323. The predicted octanol–water partition coefficient (Wildman–Crippen LogP) is 2.70. The van der Waals surface area contributed by atoms with Crippen LogP contribution in [0.1, 0.15) is 0 Å². The zero-order chi connectivity index (χ0) is 5.11. The van der Waals surface area contributed by atoms with Gasteiger partial charge in [0.15, 0.2) is 0 Å². The molecule has 0 aliphatic rings. The molecule has 0 radical (unpaired) electrons. The van der Waals surface area contributed by atoms with Crippen LogP contribution in [0.15, 0.2) is 28.7 Å². The number of benzene rings is 1. The van der Waals surface area contributed by atoms with E-state index in [-0.39, 0.29) is 26.9 Å². The summed E-state index contributed by atoms with van der Waals surface area (Å²) in [6, 6.07) is 10.5. The van der Waals surface area contributed by atoms with E-state index in [0.29, 0.717) is 0 Å². The van der Waals surface area contributed by atoms with Gasteiger partial charge >= 0.3 is 19.5 Å². The molecule has 1 rings (SSSR count). The van der Waals surface area contributed by atoms with Crippen molar-refractivity contribution in [2.45, 2.75) is 0 Å². The number of hydrogen-bond donors (Lipinski definition) is 0. The number of hydrogen-bond acceptors (Lipinski definition) is 0. The van der Waals surface area contributed by atoms with E-state index >= 15 is 0 Å². The smallest absolute Gasteiger partial charge is 0.358 e. The van der Waals surface area contributed by atoms with Crippen molar-refractivity contribution in [3.63, 3.8) is 0 Å². The van der Waals surface area contributed by atoms with Crippen molar-refractivity contribution in [1.82, 2.24) is 0 Å². The van der Waals surface area contributed by atoms with E-state index in [1.54, 1.807) is 0 Å². The van der Waals surface area contributed by atoms with E-state index < -0.39 is 0 Å². The second kappa shape index (κ2) is 6.44. The molecular weight excluding hydrogens is 229 g/mol. The van der Waals surface area contributed by atoms with E-state index in [1.807, 2.05) is 24.3 Å². The molecule has 0 unspecified atom stereocenters. The molecule has 0 aromatic heterocycles.